The molecule has 0 spiro atoms. The highest BCUT2D eigenvalue weighted by Gasteiger charge is 2.19. The normalized spacial score (nSPS) is 12.6. The second-order valence-corrected chi connectivity index (χ2v) is 14.1. The zero-order valence-electron chi connectivity index (χ0n) is 31.1. The number of esters is 1. The number of aliphatic carboxylic acids is 1. The maximum absolute atomic E-state index is 12.6. The molecule has 7 nitrogen and oxygen atoms in total. The molecule has 0 rings (SSSR count). The minimum Gasteiger partial charge on any atom is -0.480 e. The first kappa shape index (κ1) is 45.4. The number of hydrogen-bond donors (Lipinski definition) is 3. The molecular formula is C40H78N2O5. The third-order valence-electron chi connectivity index (χ3n) is 9.42. The van der Waals surface area contributed by atoms with Gasteiger partial charge in [0.2, 0.25) is 5.91 Å². The van der Waals surface area contributed by atoms with Crippen molar-refractivity contribution in [3.8, 4) is 0 Å². The first-order chi connectivity index (χ1) is 22.9. The van der Waals surface area contributed by atoms with Crippen molar-refractivity contribution in [1.29, 1.82) is 0 Å². The minimum absolute atomic E-state index is 0.0411. The molecule has 4 N–H and O–H groups in total. The van der Waals surface area contributed by atoms with Crippen LogP contribution >= 0.6 is 0 Å². The van der Waals surface area contributed by atoms with Gasteiger partial charge in [0.25, 0.3) is 0 Å². The fraction of sp³-hybridized carbons (Fsp3) is 0.925. The molecule has 0 radical (unpaired) electrons. The molecule has 0 saturated carbocycles. The lowest BCUT2D eigenvalue weighted by Crippen LogP contribution is -2.40. The van der Waals surface area contributed by atoms with E-state index < -0.39 is 12.0 Å². The molecule has 0 heterocycles. The monoisotopic (exact) mass is 667 g/mol. The van der Waals surface area contributed by atoms with Gasteiger partial charge in [-0.2, -0.15) is 0 Å². The SMILES string of the molecule is CCCCCCCCCCCCCCCCCCCCCCC(=O)OC(CCCCC)CCCCCC(=O)NC(CCCN)C(=O)O. The van der Waals surface area contributed by atoms with Crippen molar-refractivity contribution in [3.63, 3.8) is 0 Å². The molecule has 0 aromatic heterocycles. The number of carbonyl (C=O) groups excluding carboxylic acids is 2. The number of rotatable bonds is 37. The van der Waals surface area contributed by atoms with E-state index in [0.717, 1.165) is 57.8 Å². The number of amides is 1. The average Bonchev–Trinajstić information content (AvgIpc) is 3.05. The summed E-state index contributed by atoms with van der Waals surface area (Å²) in [6, 6.07) is -0.868. The number of hydrogen-bond acceptors (Lipinski definition) is 5. The van der Waals surface area contributed by atoms with Crippen LogP contribution in [0.15, 0.2) is 0 Å². The second-order valence-electron chi connectivity index (χ2n) is 14.1. The Hall–Kier alpha value is -1.63. The van der Waals surface area contributed by atoms with Crippen molar-refractivity contribution in [3.05, 3.63) is 0 Å². The third kappa shape index (κ3) is 32.7. The zero-order chi connectivity index (χ0) is 34.6. The molecule has 1 amide bonds. The molecule has 7 heteroatoms. The van der Waals surface area contributed by atoms with E-state index in [-0.39, 0.29) is 18.0 Å². The molecule has 0 aromatic carbocycles. The van der Waals surface area contributed by atoms with Gasteiger partial charge in [-0.15, -0.1) is 0 Å². The fourth-order valence-corrected chi connectivity index (χ4v) is 6.33. The number of carboxylic acid groups (broad SMARTS) is 1. The topological polar surface area (TPSA) is 119 Å². The summed E-state index contributed by atoms with van der Waals surface area (Å²) in [5, 5.41) is 11.9. The summed E-state index contributed by atoms with van der Waals surface area (Å²) < 4.78 is 5.89. The predicted octanol–water partition coefficient (Wildman–Crippen LogP) is 10.9. The highest BCUT2D eigenvalue weighted by Crippen LogP contribution is 2.18. The van der Waals surface area contributed by atoms with E-state index in [2.05, 4.69) is 19.2 Å². The van der Waals surface area contributed by atoms with E-state index in [4.69, 9.17) is 10.5 Å². The first-order valence-corrected chi connectivity index (χ1v) is 20.4. The number of carbonyl (C=O) groups is 3. The van der Waals surface area contributed by atoms with Crippen molar-refractivity contribution in [2.75, 3.05) is 6.54 Å². The van der Waals surface area contributed by atoms with Crippen molar-refractivity contribution in [2.45, 2.75) is 231 Å². The number of nitrogens with two attached hydrogens (primary N) is 1. The summed E-state index contributed by atoms with van der Waals surface area (Å²) in [6.07, 6.45) is 36.2. The van der Waals surface area contributed by atoms with Crippen molar-refractivity contribution < 1.29 is 24.2 Å². The van der Waals surface area contributed by atoms with Gasteiger partial charge in [-0.25, -0.2) is 4.79 Å². The van der Waals surface area contributed by atoms with Gasteiger partial charge in [0, 0.05) is 12.8 Å². The Bertz CT molecular complexity index is 717. The predicted molar refractivity (Wildman–Crippen MR) is 198 cm³/mol. The molecule has 278 valence electrons. The molecule has 0 aliphatic heterocycles. The molecule has 0 aliphatic carbocycles. The van der Waals surface area contributed by atoms with Crippen LogP contribution < -0.4 is 11.1 Å². The minimum atomic E-state index is -1.01. The summed E-state index contributed by atoms with van der Waals surface area (Å²) in [4.78, 5) is 36.1. The third-order valence-corrected chi connectivity index (χ3v) is 9.42. The van der Waals surface area contributed by atoms with Crippen molar-refractivity contribution >= 4 is 17.8 Å². The van der Waals surface area contributed by atoms with Gasteiger partial charge in [0.05, 0.1) is 0 Å². The van der Waals surface area contributed by atoms with Crippen LogP contribution in [-0.2, 0) is 19.1 Å². The summed E-state index contributed by atoms with van der Waals surface area (Å²) in [7, 11) is 0. The van der Waals surface area contributed by atoms with Crippen LogP contribution in [0.4, 0.5) is 0 Å². The molecule has 2 atom stereocenters. The molecule has 0 fully saturated rings. The Balaban J connectivity index is 3.82. The van der Waals surface area contributed by atoms with Gasteiger partial charge in [0.15, 0.2) is 0 Å². The Labute approximate surface area is 290 Å². The maximum Gasteiger partial charge on any atom is 0.326 e. The largest absolute Gasteiger partial charge is 0.480 e. The van der Waals surface area contributed by atoms with Gasteiger partial charge in [0.1, 0.15) is 12.1 Å². The molecule has 0 saturated heterocycles. The summed E-state index contributed by atoms with van der Waals surface area (Å²) in [5.74, 6) is -1.31. The van der Waals surface area contributed by atoms with Crippen molar-refractivity contribution in [1.82, 2.24) is 5.32 Å². The van der Waals surface area contributed by atoms with E-state index >= 15 is 0 Å². The number of unbranched alkanes of at least 4 members (excludes halogenated alkanes) is 23. The number of nitrogens with one attached hydrogen (secondary N) is 1. The zero-order valence-corrected chi connectivity index (χ0v) is 31.1. The fourth-order valence-electron chi connectivity index (χ4n) is 6.33. The van der Waals surface area contributed by atoms with E-state index in [9.17, 15) is 19.5 Å². The van der Waals surface area contributed by atoms with Gasteiger partial charge < -0.3 is 20.9 Å². The average molecular weight is 667 g/mol. The van der Waals surface area contributed by atoms with Gasteiger partial charge in [-0.1, -0.05) is 155 Å². The number of ether oxygens (including phenoxy) is 1. The molecular weight excluding hydrogens is 588 g/mol. The van der Waals surface area contributed by atoms with Gasteiger partial charge >= 0.3 is 11.9 Å². The van der Waals surface area contributed by atoms with Crippen LogP contribution in [0.25, 0.3) is 0 Å². The Morgan fingerprint density at radius 3 is 1.36 bits per heavy atom. The van der Waals surface area contributed by atoms with Crippen LogP contribution in [0.1, 0.15) is 219 Å². The standard InChI is InChI=1S/C40H78N2O5/c1-3-5-7-8-9-10-11-12-13-14-15-16-17-18-19-20-21-22-23-28-34-39(44)47-36(30-25-6-4-2)31-26-24-27-33-38(43)42-37(40(45)46)32-29-35-41/h36-37H,3-35,41H2,1-2H3,(H,42,43)(H,45,46). The van der Waals surface area contributed by atoms with Crippen molar-refractivity contribution in [2.24, 2.45) is 5.73 Å². The highest BCUT2D eigenvalue weighted by molar-refractivity contribution is 5.83. The lowest BCUT2D eigenvalue weighted by atomic mass is 10.0. The summed E-state index contributed by atoms with van der Waals surface area (Å²) in [5.41, 5.74) is 5.46. The van der Waals surface area contributed by atoms with Gasteiger partial charge in [-0.05, 0) is 57.9 Å². The van der Waals surface area contributed by atoms with E-state index in [1.54, 1.807) is 0 Å². The smallest absolute Gasteiger partial charge is 0.326 e. The summed E-state index contributed by atoms with van der Waals surface area (Å²) >= 11 is 0. The molecule has 0 aromatic rings. The van der Waals surface area contributed by atoms with E-state index in [1.165, 1.54) is 116 Å². The van der Waals surface area contributed by atoms with Gasteiger partial charge in [-0.3, -0.25) is 9.59 Å². The lowest BCUT2D eigenvalue weighted by Gasteiger charge is -2.18. The Kier molecular flexibility index (Phi) is 34.4. The number of carboxylic acids is 1. The lowest BCUT2D eigenvalue weighted by molar-refractivity contribution is -0.150. The molecule has 47 heavy (non-hydrogen) atoms. The molecule has 0 bridgehead atoms. The highest BCUT2D eigenvalue weighted by atomic mass is 16.5. The quantitative estimate of drug-likeness (QED) is 0.0448. The maximum atomic E-state index is 12.6. The second kappa shape index (κ2) is 35.7. The van der Waals surface area contributed by atoms with Crippen LogP contribution in [0, 0.1) is 0 Å². The van der Waals surface area contributed by atoms with Crippen LogP contribution in [0.3, 0.4) is 0 Å². The van der Waals surface area contributed by atoms with Crippen LogP contribution in [0.2, 0.25) is 0 Å². The van der Waals surface area contributed by atoms with Crippen LogP contribution in [-0.4, -0.2) is 41.6 Å². The Morgan fingerprint density at radius 1 is 0.532 bits per heavy atom. The van der Waals surface area contributed by atoms with E-state index in [0.29, 0.717) is 38.6 Å². The summed E-state index contributed by atoms with van der Waals surface area (Å²) in [6.45, 7) is 4.87. The van der Waals surface area contributed by atoms with Crippen LogP contribution in [0.5, 0.6) is 0 Å². The molecule has 0 aliphatic rings. The first-order valence-electron chi connectivity index (χ1n) is 20.4. The Morgan fingerprint density at radius 2 is 0.915 bits per heavy atom. The van der Waals surface area contributed by atoms with E-state index in [1.807, 2.05) is 0 Å². The molecule has 2 unspecified atom stereocenters.